The van der Waals surface area contributed by atoms with E-state index in [1.165, 1.54) is 0 Å². The van der Waals surface area contributed by atoms with Crippen molar-refractivity contribution in [1.82, 2.24) is 9.88 Å². The molecule has 8 heteroatoms. The Kier molecular flexibility index (Phi) is 6.20. The molecule has 3 rings (SSSR count). The molecular weight excluding hydrogens is 384 g/mol. The first-order chi connectivity index (χ1) is 14.3. The van der Waals surface area contributed by atoms with Crippen LogP contribution in [0, 0.1) is 11.3 Å². The minimum absolute atomic E-state index is 0.309. The van der Waals surface area contributed by atoms with Gasteiger partial charge in [0.25, 0.3) is 0 Å². The third-order valence-electron chi connectivity index (χ3n) is 4.93. The highest BCUT2D eigenvalue weighted by atomic mass is 16.6. The van der Waals surface area contributed by atoms with Gasteiger partial charge in [-0.2, -0.15) is 5.26 Å². The maximum Gasteiger partial charge on any atom is 0.410 e. The van der Waals surface area contributed by atoms with Crippen molar-refractivity contribution in [3.63, 3.8) is 0 Å². The number of anilines is 1. The van der Waals surface area contributed by atoms with E-state index in [4.69, 9.17) is 14.2 Å². The van der Waals surface area contributed by atoms with Gasteiger partial charge in [0.1, 0.15) is 11.7 Å². The molecule has 0 radical (unpaired) electrons. The van der Waals surface area contributed by atoms with Crippen molar-refractivity contribution in [2.24, 2.45) is 0 Å². The van der Waals surface area contributed by atoms with Crippen LogP contribution < -0.4 is 14.4 Å². The molecule has 0 bridgehead atoms. The zero-order chi connectivity index (χ0) is 21.9. The van der Waals surface area contributed by atoms with Gasteiger partial charge in [0, 0.05) is 43.8 Å². The van der Waals surface area contributed by atoms with Crippen LogP contribution >= 0.6 is 0 Å². The number of hydrogen-bond acceptors (Lipinski definition) is 7. The van der Waals surface area contributed by atoms with Crippen LogP contribution in [0.1, 0.15) is 32.8 Å². The van der Waals surface area contributed by atoms with Crippen LogP contribution in [0.2, 0.25) is 0 Å². The largest absolute Gasteiger partial charge is 0.493 e. The van der Waals surface area contributed by atoms with E-state index in [0.29, 0.717) is 43.2 Å². The van der Waals surface area contributed by atoms with Crippen LogP contribution in [0.25, 0.3) is 10.9 Å². The molecule has 30 heavy (non-hydrogen) atoms. The minimum atomic E-state index is -0.534. The molecule has 0 aliphatic carbocycles. The Morgan fingerprint density at radius 1 is 1.10 bits per heavy atom. The summed E-state index contributed by atoms with van der Waals surface area (Å²) in [6, 6.07) is 5.92. The molecule has 1 saturated heterocycles. The normalized spacial score (nSPS) is 14.8. The molecule has 1 fully saturated rings. The summed E-state index contributed by atoms with van der Waals surface area (Å²) in [5.74, 6) is 1.16. The number of benzene rings is 1. The van der Waals surface area contributed by atoms with E-state index in [0.717, 1.165) is 23.0 Å². The molecule has 160 valence electrons. The smallest absolute Gasteiger partial charge is 0.410 e. The second kappa shape index (κ2) is 8.66. The number of ether oxygens (including phenoxy) is 3. The number of carbonyl (C=O) groups excluding carboxylic acids is 1. The number of nitriles is 1. The van der Waals surface area contributed by atoms with Gasteiger partial charge in [0.15, 0.2) is 11.5 Å². The third kappa shape index (κ3) is 4.51. The fourth-order valence-electron chi connectivity index (χ4n) is 3.58. The summed E-state index contributed by atoms with van der Waals surface area (Å²) in [5.41, 5.74) is 1.47. The maximum atomic E-state index is 12.5. The highest BCUT2D eigenvalue weighted by molar-refractivity contribution is 5.96. The van der Waals surface area contributed by atoms with E-state index >= 15 is 0 Å². The Balaban J connectivity index is 1.95. The lowest BCUT2D eigenvalue weighted by molar-refractivity contribution is 0.0263. The molecule has 0 saturated carbocycles. The van der Waals surface area contributed by atoms with Crippen molar-refractivity contribution in [3.8, 4) is 17.6 Å². The van der Waals surface area contributed by atoms with Gasteiger partial charge < -0.3 is 24.0 Å². The maximum absolute atomic E-state index is 12.5. The number of methoxy groups -OCH3 is 2. The molecule has 0 atom stereocenters. The Morgan fingerprint density at radius 3 is 2.43 bits per heavy atom. The van der Waals surface area contributed by atoms with Gasteiger partial charge in [-0.3, -0.25) is 4.98 Å². The van der Waals surface area contributed by atoms with E-state index in [9.17, 15) is 10.1 Å². The molecule has 1 amide bonds. The Bertz CT molecular complexity index is 978. The third-order valence-corrected chi connectivity index (χ3v) is 4.93. The first-order valence-corrected chi connectivity index (χ1v) is 9.95. The van der Waals surface area contributed by atoms with Crippen molar-refractivity contribution in [1.29, 1.82) is 5.26 Å². The van der Waals surface area contributed by atoms with E-state index in [-0.39, 0.29) is 6.09 Å². The lowest BCUT2D eigenvalue weighted by Gasteiger charge is -2.27. The summed E-state index contributed by atoms with van der Waals surface area (Å²) >= 11 is 0. The van der Waals surface area contributed by atoms with E-state index in [1.807, 2.05) is 32.9 Å². The molecule has 2 heterocycles. The fourth-order valence-corrected chi connectivity index (χ4v) is 3.58. The molecular formula is C22H28N4O4. The zero-order valence-electron chi connectivity index (χ0n) is 18.2. The topological polar surface area (TPSA) is 87.9 Å². The molecule has 1 aromatic carbocycles. The Labute approximate surface area is 176 Å². The van der Waals surface area contributed by atoms with Crippen LogP contribution in [-0.4, -0.2) is 62.0 Å². The summed E-state index contributed by atoms with van der Waals surface area (Å²) in [6.07, 6.45) is 2.04. The van der Waals surface area contributed by atoms with Gasteiger partial charge in [-0.15, -0.1) is 0 Å². The lowest BCUT2D eigenvalue weighted by atomic mass is 10.1. The highest BCUT2D eigenvalue weighted by Gasteiger charge is 2.26. The predicted octanol–water partition coefficient (Wildman–Crippen LogP) is 3.57. The van der Waals surface area contributed by atoms with Crippen molar-refractivity contribution < 1.29 is 19.0 Å². The molecule has 8 nitrogen and oxygen atoms in total. The number of nitrogens with zero attached hydrogens (tertiary/aromatic N) is 4. The predicted molar refractivity (Wildman–Crippen MR) is 114 cm³/mol. The number of pyridine rings is 1. The van der Waals surface area contributed by atoms with Gasteiger partial charge in [0.05, 0.1) is 31.0 Å². The van der Waals surface area contributed by atoms with Gasteiger partial charge in [-0.25, -0.2) is 4.79 Å². The summed E-state index contributed by atoms with van der Waals surface area (Å²) in [4.78, 5) is 20.8. The van der Waals surface area contributed by atoms with E-state index in [1.54, 1.807) is 25.3 Å². The van der Waals surface area contributed by atoms with Crippen LogP contribution in [0.5, 0.6) is 11.5 Å². The highest BCUT2D eigenvalue weighted by Crippen LogP contribution is 2.37. The molecule has 1 aliphatic heterocycles. The average molecular weight is 412 g/mol. The fraction of sp³-hybridized carbons (Fsp3) is 0.500. The average Bonchev–Trinajstić information content (AvgIpc) is 2.96. The number of carbonyl (C=O) groups is 1. The monoisotopic (exact) mass is 412 g/mol. The SMILES string of the molecule is COc1cc2ncc(C#N)c(N3CCCN(C(=O)OC(C)(C)C)CC3)c2cc1OC. The zero-order valence-corrected chi connectivity index (χ0v) is 18.2. The minimum Gasteiger partial charge on any atom is -0.493 e. The van der Waals surface area contributed by atoms with Crippen molar-refractivity contribution in [2.45, 2.75) is 32.8 Å². The molecule has 0 unspecified atom stereocenters. The quantitative estimate of drug-likeness (QED) is 0.761. The van der Waals surface area contributed by atoms with E-state index in [2.05, 4.69) is 16.0 Å². The van der Waals surface area contributed by atoms with Crippen LogP contribution in [0.4, 0.5) is 10.5 Å². The van der Waals surface area contributed by atoms with Gasteiger partial charge >= 0.3 is 6.09 Å². The number of amides is 1. The molecule has 0 N–H and O–H groups in total. The second-order valence-corrected chi connectivity index (χ2v) is 8.16. The number of hydrogen-bond donors (Lipinski definition) is 0. The van der Waals surface area contributed by atoms with Crippen LogP contribution in [-0.2, 0) is 4.74 Å². The van der Waals surface area contributed by atoms with Crippen molar-refractivity contribution >= 4 is 22.7 Å². The molecule has 1 aliphatic rings. The number of aromatic nitrogens is 1. The van der Waals surface area contributed by atoms with Crippen molar-refractivity contribution in [3.05, 3.63) is 23.9 Å². The second-order valence-electron chi connectivity index (χ2n) is 8.16. The summed E-state index contributed by atoms with van der Waals surface area (Å²) < 4.78 is 16.4. The number of rotatable bonds is 3. The van der Waals surface area contributed by atoms with Gasteiger partial charge in [0.2, 0.25) is 0 Å². The summed E-state index contributed by atoms with van der Waals surface area (Å²) in [7, 11) is 3.16. The Morgan fingerprint density at radius 2 is 1.80 bits per heavy atom. The van der Waals surface area contributed by atoms with Crippen molar-refractivity contribution in [2.75, 3.05) is 45.3 Å². The molecule has 2 aromatic rings. The number of fused-ring (bicyclic) bond motifs is 1. The first kappa shape index (κ1) is 21.5. The van der Waals surface area contributed by atoms with Gasteiger partial charge in [-0.1, -0.05) is 0 Å². The van der Waals surface area contributed by atoms with Crippen LogP contribution in [0.15, 0.2) is 18.3 Å². The standard InChI is InChI=1S/C22H28N4O4/c1-22(2,3)30-21(27)26-8-6-7-25(9-10-26)20-15(13-23)14-24-17-12-19(29-5)18(28-4)11-16(17)20/h11-12,14H,6-10H2,1-5H3. The lowest BCUT2D eigenvalue weighted by Crippen LogP contribution is -2.39. The van der Waals surface area contributed by atoms with Crippen LogP contribution in [0.3, 0.4) is 0 Å². The Hall–Kier alpha value is -3.21. The summed E-state index contributed by atoms with van der Waals surface area (Å²) in [6.45, 7) is 7.99. The van der Waals surface area contributed by atoms with E-state index < -0.39 is 5.60 Å². The van der Waals surface area contributed by atoms with Gasteiger partial charge in [-0.05, 0) is 33.3 Å². The first-order valence-electron chi connectivity index (χ1n) is 9.95. The summed E-state index contributed by atoms with van der Waals surface area (Å²) in [5, 5.41) is 10.5. The molecule has 1 aromatic heterocycles. The molecule has 0 spiro atoms.